The van der Waals surface area contributed by atoms with Crippen LogP contribution in [0.25, 0.3) is 0 Å². The Hall–Kier alpha value is -1.37. The second-order valence-electron chi connectivity index (χ2n) is 4.79. The Balaban J connectivity index is 2.24. The summed E-state index contributed by atoms with van der Waals surface area (Å²) < 4.78 is 15.5. The average Bonchev–Trinajstić information content (AvgIpc) is 2.91. The Labute approximate surface area is 120 Å². The van der Waals surface area contributed by atoms with Crippen LogP contribution >= 0.6 is 0 Å². The summed E-state index contributed by atoms with van der Waals surface area (Å²) in [7, 11) is 5.36. The molecule has 1 N–H and O–H groups in total. The number of likely N-dealkylation sites (N-methyl/N-ethyl adjacent to an activating group) is 1. The average molecular weight is 284 g/mol. The smallest absolute Gasteiger partial charge is 0.373 e. The van der Waals surface area contributed by atoms with Crippen molar-refractivity contribution in [2.45, 2.75) is 13.0 Å². The van der Waals surface area contributed by atoms with Gasteiger partial charge in [0.1, 0.15) is 5.76 Å². The van der Waals surface area contributed by atoms with E-state index in [-0.39, 0.29) is 11.8 Å². The van der Waals surface area contributed by atoms with Gasteiger partial charge in [-0.3, -0.25) is 0 Å². The molecule has 6 heteroatoms. The number of methoxy groups -OCH3 is 1. The maximum absolute atomic E-state index is 11.3. The molecule has 0 aliphatic heterocycles. The third-order valence-corrected chi connectivity index (χ3v) is 2.82. The van der Waals surface area contributed by atoms with Gasteiger partial charge in [-0.05, 0) is 33.2 Å². The highest BCUT2D eigenvalue weighted by atomic mass is 16.5. The number of nitrogens with zero attached hydrogens (tertiary/aromatic N) is 1. The second-order valence-corrected chi connectivity index (χ2v) is 4.79. The maximum atomic E-state index is 11.3. The maximum Gasteiger partial charge on any atom is 0.373 e. The van der Waals surface area contributed by atoms with Crippen molar-refractivity contribution in [3.63, 3.8) is 0 Å². The number of carbonyl (C=O) groups excluding carboxylic acids is 1. The molecule has 20 heavy (non-hydrogen) atoms. The van der Waals surface area contributed by atoms with E-state index in [2.05, 4.69) is 15.0 Å². The van der Waals surface area contributed by atoms with E-state index in [1.165, 1.54) is 7.11 Å². The number of hydrogen-bond acceptors (Lipinski definition) is 6. The van der Waals surface area contributed by atoms with Crippen molar-refractivity contribution in [3.05, 3.63) is 23.7 Å². The molecule has 1 heterocycles. The van der Waals surface area contributed by atoms with Gasteiger partial charge < -0.3 is 24.1 Å². The minimum Gasteiger partial charge on any atom is -0.463 e. The minimum absolute atomic E-state index is 0.0193. The SMILES string of the molecule is COC(=O)c1ccc(C(C)NCCOCCN(C)C)o1. The Morgan fingerprint density at radius 3 is 2.80 bits per heavy atom. The van der Waals surface area contributed by atoms with E-state index in [1.54, 1.807) is 12.1 Å². The summed E-state index contributed by atoms with van der Waals surface area (Å²) in [5.41, 5.74) is 0. The summed E-state index contributed by atoms with van der Waals surface area (Å²) in [6.45, 7) is 4.97. The number of rotatable bonds is 9. The summed E-state index contributed by atoms with van der Waals surface area (Å²) >= 11 is 0. The number of hydrogen-bond donors (Lipinski definition) is 1. The molecule has 0 saturated carbocycles. The Morgan fingerprint density at radius 2 is 2.15 bits per heavy atom. The molecule has 1 aromatic rings. The topological polar surface area (TPSA) is 63.9 Å². The van der Waals surface area contributed by atoms with Crippen molar-refractivity contribution in [1.29, 1.82) is 0 Å². The van der Waals surface area contributed by atoms with Gasteiger partial charge in [0.05, 0.1) is 26.4 Å². The fraction of sp³-hybridized carbons (Fsp3) is 0.643. The normalized spacial score (nSPS) is 12.7. The van der Waals surface area contributed by atoms with Gasteiger partial charge in [-0.15, -0.1) is 0 Å². The minimum atomic E-state index is -0.463. The summed E-state index contributed by atoms with van der Waals surface area (Å²) in [5.74, 6) is 0.465. The Bertz CT molecular complexity index is 404. The van der Waals surface area contributed by atoms with Crippen LogP contribution in [0.1, 0.15) is 29.3 Å². The fourth-order valence-electron chi connectivity index (χ4n) is 1.59. The van der Waals surface area contributed by atoms with Gasteiger partial charge in [-0.2, -0.15) is 0 Å². The standard InChI is InChI=1S/C14H24N2O4/c1-11(15-7-9-19-10-8-16(2)3)12-5-6-13(20-12)14(17)18-4/h5-6,11,15H,7-10H2,1-4H3. The first-order chi connectivity index (χ1) is 9.54. The van der Waals surface area contributed by atoms with Crippen LogP contribution in [0.4, 0.5) is 0 Å². The molecule has 114 valence electrons. The molecule has 0 saturated heterocycles. The van der Waals surface area contributed by atoms with Gasteiger partial charge in [0.15, 0.2) is 0 Å². The van der Waals surface area contributed by atoms with Crippen molar-refractivity contribution in [2.75, 3.05) is 47.5 Å². The van der Waals surface area contributed by atoms with E-state index in [0.29, 0.717) is 12.4 Å². The number of esters is 1. The molecule has 0 bridgehead atoms. The van der Waals surface area contributed by atoms with Crippen molar-refractivity contribution in [2.24, 2.45) is 0 Å². The lowest BCUT2D eigenvalue weighted by atomic mass is 10.2. The largest absolute Gasteiger partial charge is 0.463 e. The molecule has 0 amide bonds. The van der Waals surface area contributed by atoms with Gasteiger partial charge >= 0.3 is 5.97 Å². The molecule has 0 radical (unpaired) electrons. The van der Waals surface area contributed by atoms with E-state index >= 15 is 0 Å². The third-order valence-electron chi connectivity index (χ3n) is 2.82. The second kappa shape index (κ2) is 8.73. The van der Waals surface area contributed by atoms with Gasteiger partial charge in [-0.1, -0.05) is 0 Å². The summed E-state index contributed by atoms with van der Waals surface area (Å²) in [6.07, 6.45) is 0. The summed E-state index contributed by atoms with van der Waals surface area (Å²) in [5, 5.41) is 3.27. The highest BCUT2D eigenvalue weighted by molar-refractivity contribution is 5.86. The third kappa shape index (κ3) is 5.73. The number of furan rings is 1. The van der Waals surface area contributed by atoms with Gasteiger partial charge in [0, 0.05) is 13.1 Å². The molecule has 6 nitrogen and oxygen atoms in total. The van der Waals surface area contributed by atoms with Crippen LogP contribution in [0.2, 0.25) is 0 Å². The first-order valence-corrected chi connectivity index (χ1v) is 6.68. The van der Waals surface area contributed by atoms with Crippen LogP contribution in [0, 0.1) is 0 Å². The summed E-state index contributed by atoms with van der Waals surface area (Å²) in [4.78, 5) is 13.4. The number of ether oxygens (including phenoxy) is 2. The summed E-state index contributed by atoms with van der Waals surface area (Å²) in [6, 6.07) is 3.41. The first kappa shape index (κ1) is 16.7. The zero-order valence-corrected chi connectivity index (χ0v) is 12.6. The number of nitrogens with one attached hydrogen (secondary N) is 1. The first-order valence-electron chi connectivity index (χ1n) is 6.68. The van der Waals surface area contributed by atoms with E-state index in [1.807, 2.05) is 21.0 Å². The molecule has 0 spiro atoms. The zero-order chi connectivity index (χ0) is 15.0. The van der Waals surface area contributed by atoms with E-state index in [0.717, 1.165) is 19.7 Å². The Kier molecular flexibility index (Phi) is 7.28. The molecular formula is C14H24N2O4. The van der Waals surface area contributed by atoms with Crippen LogP contribution in [0.5, 0.6) is 0 Å². The van der Waals surface area contributed by atoms with Crippen LogP contribution < -0.4 is 5.32 Å². The zero-order valence-electron chi connectivity index (χ0n) is 12.6. The van der Waals surface area contributed by atoms with Crippen LogP contribution in [0.15, 0.2) is 16.5 Å². The lowest BCUT2D eigenvalue weighted by molar-refractivity contribution is 0.0562. The van der Waals surface area contributed by atoms with Crippen molar-refractivity contribution >= 4 is 5.97 Å². The molecule has 1 unspecified atom stereocenters. The van der Waals surface area contributed by atoms with Crippen LogP contribution in [-0.2, 0) is 9.47 Å². The lowest BCUT2D eigenvalue weighted by Gasteiger charge is -2.13. The Morgan fingerprint density at radius 1 is 1.40 bits per heavy atom. The fourth-order valence-corrected chi connectivity index (χ4v) is 1.59. The molecule has 0 aliphatic carbocycles. The molecule has 1 aromatic heterocycles. The lowest BCUT2D eigenvalue weighted by Crippen LogP contribution is -2.25. The highest BCUT2D eigenvalue weighted by Gasteiger charge is 2.14. The molecule has 0 aliphatic rings. The van der Waals surface area contributed by atoms with Gasteiger partial charge in [-0.25, -0.2) is 4.79 Å². The molecule has 1 rings (SSSR count). The van der Waals surface area contributed by atoms with E-state index in [9.17, 15) is 4.79 Å². The molecule has 0 aromatic carbocycles. The van der Waals surface area contributed by atoms with Crippen molar-refractivity contribution in [1.82, 2.24) is 10.2 Å². The molecule has 1 atom stereocenters. The van der Waals surface area contributed by atoms with E-state index < -0.39 is 5.97 Å². The predicted octanol–water partition coefficient (Wildman–Crippen LogP) is 1.29. The van der Waals surface area contributed by atoms with Gasteiger partial charge in [0.2, 0.25) is 5.76 Å². The quantitative estimate of drug-likeness (QED) is 0.544. The predicted molar refractivity (Wildman–Crippen MR) is 75.8 cm³/mol. The van der Waals surface area contributed by atoms with Crippen LogP contribution in [-0.4, -0.2) is 58.4 Å². The monoisotopic (exact) mass is 284 g/mol. The van der Waals surface area contributed by atoms with Crippen LogP contribution in [0.3, 0.4) is 0 Å². The van der Waals surface area contributed by atoms with Gasteiger partial charge in [0.25, 0.3) is 0 Å². The van der Waals surface area contributed by atoms with E-state index in [4.69, 9.17) is 9.15 Å². The van der Waals surface area contributed by atoms with Crippen molar-refractivity contribution < 1.29 is 18.7 Å². The number of carbonyl (C=O) groups is 1. The van der Waals surface area contributed by atoms with Crippen molar-refractivity contribution in [3.8, 4) is 0 Å². The highest BCUT2D eigenvalue weighted by Crippen LogP contribution is 2.16. The molecule has 0 fully saturated rings. The molecular weight excluding hydrogens is 260 g/mol.